The SMILES string of the molecule is CCOC(=O)[C@H]1C2C=CC(C2)[C@H]1NC(=O)C(N)=C1CCCCC(Cc2cccc(F)c2)C1=Nc1ccc(F)cc1F. The minimum absolute atomic E-state index is 0.00698. The molecule has 3 N–H and O–H groups in total. The Balaban J connectivity index is 1.51. The van der Waals surface area contributed by atoms with Crippen LogP contribution in [0.3, 0.4) is 0 Å². The zero-order valence-corrected chi connectivity index (χ0v) is 22.9. The molecular formula is C32H34F3N3O3. The zero-order chi connectivity index (χ0) is 29.1. The van der Waals surface area contributed by atoms with Gasteiger partial charge in [0.25, 0.3) is 5.91 Å². The molecule has 2 fully saturated rings. The van der Waals surface area contributed by atoms with E-state index in [0.717, 1.165) is 37.0 Å². The van der Waals surface area contributed by atoms with Crippen molar-refractivity contribution in [3.63, 3.8) is 0 Å². The van der Waals surface area contributed by atoms with E-state index in [2.05, 4.69) is 10.3 Å². The minimum atomic E-state index is -0.834. The van der Waals surface area contributed by atoms with Crippen LogP contribution in [0.15, 0.2) is 70.9 Å². The monoisotopic (exact) mass is 565 g/mol. The number of carbonyl (C=O) groups excluding carboxylic acids is 2. The van der Waals surface area contributed by atoms with Gasteiger partial charge in [0.15, 0.2) is 5.82 Å². The molecule has 5 rings (SSSR count). The van der Waals surface area contributed by atoms with Crippen molar-refractivity contribution in [1.29, 1.82) is 0 Å². The van der Waals surface area contributed by atoms with Crippen molar-refractivity contribution < 1.29 is 27.5 Å². The molecule has 0 aromatic heterocycles. The maximum atomic E-state index is 14.8. The summed E-state index contributed by atoms with van der Waals surface area (Å²) in [6.45, 7) is 1.99. The van der Waals surface area contributed by atoms with Crippen LogP contribution in [0.25, 0.3) is 0 Å². The second kappa shape index (κ2) is 12.3. The largest absolute Gasteiger partial charge is 0.466 e. The van der Waals surface area contributed by atoms with Gasteiger partial charge < -0.3 is 15.8 Å². The van der Waals surface area contributed by atoms with Crippen LogP contribution >= 0.6 is 0 Å². The highest BCUT2D eigenvalue weighted by Gasteiger charge is 2.49. The molecule has 0 spiro atoms. The van der Waals surface area contributed by atoms with Crippen LogP contribution in [0.5, 0.6) is 0 Å². The lowest BCUT2D eigenvalue weighted by Gasteiger charge is -2.28. The molecule has 2 aromatic carbocycles. The molecule has 6 nitrogen and oxygen atoms in total. The second-order valence-corrected chi connectivity index (χ2v) is 11.0. The Labute approximate surface area is 237 Å². The van der Waals surface area contributed by atoms with E-state index in [0.29, 0.717) is 30.5 Å². The number of nitrogens with one attached hydrogen (secondary N) is 1. The number of amides is 1. The van der Waals surface area contributed by atoms with Crippen LogP contribution in [-0.2, 0) is 20.7 Å². The Morgan fingerprint density at radius 2 is 1.83 bits per heavy atom. The lowest BCUT2D eigenvalue weighted by molar-refractivity contribution is -0.149. The third kappa shape index (κ3) is 6.24. The van der Waals surface area contributed by atoms with Gasteiger partial charge in [-0.15, -0.1) is 0 Å². The molecule has 2 saturated carbocycles. The first-order chi connectivity index (χ1) is 19.7. The normalized spacial score (nSPS) is 27.5. The summed E-state index contributed by atoms with van der Waals surface area (Å²) in [5, 5.41) is 2.99. The van der Waals surface area contributed by atoms with E-state index in [9.17, 15) is 22.8 Å². The van der Waals surface area contributed by atoms with Crippen molar-refractivity contribution in [3.8, 4) is 0 Å². The summed E-state index contributed by atoms with van der Waals surface area (Å²) < 4.78 is 47.7. The van der Waals surface area contributed by atoms with Crippen LogP contribution in [0.4, 0.5) is 18.9 Å². The summed E-state index contributed by atoms with van der Waals surface area (Å²) in [4.78, 5) is 31.0. The molecule has 0 aliphatic heterocycles. The number of nitrogens with zero attached hydrogens (tertiary/aromatic N) is 1. The summed E-state index contributed by atoms with van der Waals surface area (Å²) in [6, 6.07) is 8.91. The predicted octanol–water partition coefficient (Wildman–Crippen LogP) is 5.69. The first-order valence-electron chi connectivity index (χ1n) is 14.2. The summed E-state index contributed by atoms with van der Waals surface area (Å²) in [6.07, 6.45) is 7.77. The van der Waals surface area contributed by atoms with Gasteiger partial charge in [-0.2, -0.15) is 0 Å². The summed E-state index contributed by atoms with van der Waals surface area (Å²) in [5.74, 6) is -3.61. The van der Waals surface area contributed by atoms with Crippen LogP contribution in [-0.4, -0.2) is 30.2 Å². The molecule has 1 amide bonds. The van der Waals surface area contributed by atoms with E-state index < -0.39 is 29.5 Å². The molecule has 2 aromatic rings. The van der Waals surface area contributed by atoms with Crippen LogP contribution in [0, 0.1) is 41.1 Å². The highest BCUT2D eigenvalue weighted by molar-refractivity contribution is 6.10. The third-order valence-corrected chi connectivity index (χ3v) is 8.33. The molecule has 3 unspecified atom stereocenters. The van der Waals surface area contributed by atoms with Crippen LogP contribution in [0.1, 0.15) is 44.6 Å². The first kappa shape index (κ1) is 28.6. The van der Waals surface area contributed by atoms with Crippen LogP contribution in [0.2, 0.25) is 0 Å². The number of ether oxygens (including phenoxy) is 1. The molecule has 0 saturated heterocycles. The van der Waals surface area contributed by atoms with Crippen molar-refractivity contribution in [2.24, 2.45) is 34.4 Å². The van der Waals surface area contributed by atoms with E-state index in [1.54, 1.807) is 13.0 Å². The van der Waals surface area contributed by atoms with Gasteiger partial charge in [-0.25, -0.2) is 18.2 Å². The van der Waals surface area contributed by atoms with Gasteiger partial charge in [-0.1, -0.05) is 30.7 Å². The highest BCUT2D eigenvalue weighted by Crippen LogP contribution is 2.44. The molecule has 3 aliphatic carbocycles. The molecule has 41 heavy (non-hydrogen) atoms. The smallest absolute Gasteiger partial charge is 0.311 e. The Morgan fingerprint density at radius 3 is 2.59 bits per heavy atom. The number of benzene rings is 2. The van der Waals surface area contributed by atoms with Gasteiger partial charge in [0.2, 0.25) is 0 Å². The summed E-state index contributed by atoms with van der Waals surface area (Å²) in [5.41, 5.74) is 8.07. The van der Waals surface area contributed by atoms with E-state index in [-0.39, 0.29) is 47.5 Å². The van der Waals surface area contributed by atoms with Crippen molar-refractivity contribution >= 4 is 23.3 Å². The van der Waals surface area contributed by atoms with Gasteiger partial charge in [0.05, 0.1) is 23.9 Å². The number of aliphatic imine (C=N–C) groups is 1. The van der Waals surface area contributed by atoms with Gasteiger partial charge in [0.1, 0.15) is 17.3 Å². The lowest BCUT2D eigenvalue weighted by atomic mass is 9.87. The summed E-state index contributed by atoms with van der Waals surface area (Å²) >= 11 is 0. The van der Waals surface area contributed by atoms with Crippen LogP contribution < -0.4 is 11.1 Å². The van der Waals surface area contributed by atoms with E-state index in [1.807, 2.05) is 18.2 Å². The third-order valence-electron chi connectivity index (χ3n) is 8.33. The first-order valence-corrected chi connectivity index (χ1v) is 14.2. The van der Waals surface area contributed by atoms with Gasteiger partial charge in [0, 0.05) is 23.6 Å². The minimum Gasteiger partial charge on any atom is -0.466 e. The Bertz CT molecular complexity index is 1420. The fourth-order valence-electron chi connectivity index (χ4n) is 6.43. The fourth-order valence-corrected chi connectivity index (χ4v) is 6.43. The second-order valence-electron chi connectivity index (χ2n) is 11.0. The molecule has 5 atom stereocenters. The molecule has 9 heteroatoms. The van der Waals surface area contributed by atoms with E-state index in [1.165, 1.54) is 18.2 Å². The fraction of sp³-hybridized carbons (Fsp3) is 0.406. The Morgan fingerprint density at radius 1 is 1.05 bits per heavy atom. The number of fused-ring (bicyclic) bond motifs is 2. The number of halogens is 3. The molecule has 216 valence electrons. The predicted molar refractivity (Wildman–Crippen MR) is 150 cm³/mol. The molecule has 0 heterocycles. The maximum Gasteiger partial charge on any atom is 0.311 e. The maximum absolute atomic E-state index is 14.8. The van der Waals surface area contributed by atoms with Crippen molar-refractivity contribution in [1.82, 2.24) is 5.32 Å². The van der Waals surface area contributed by atoms with Crippen molar-refractivity contribution in [2.75, 3.05) is 6.61 Å². The van der Waals surface area contributed by atoms with Crippen molar-refractivity contribution in [3.05, 3.63) is 88.9 Å². The zero-order valence-electron chi connectivity index (χ0n) is 22.9. The molecule has 3 aliphatic rings. The number of hydrogen-bond donors (Lipinski definition) is 2. The number of nitrogens with two attached hydrogens (primary N) is 1. The number of allylic oxidation sites excluding steroid dienone is 2. The van der Waals surface area contributed by atoms with Gasteiger partial charge in [-0.05, 0) is 80.7 Å². The Kier molecular flexibility index (Phi) is 8.61. The quantitative estimate of drug-likeness (QED) is 0.195. The standard InChI is InChI=1S/C32H34F3N3O3/c1-2-41-32(40)27-19-10-11-21(16-19)30(27)38-31(39)28(36)24-9-4-3-7-20(14-18-6-5-8-22(33)15-18)29(24)37-26-13-12-23(34)17-25(26)35/h5-6,8,10-13,15,17,19-21,27,30H,2-4,7,9,14,16,36H2,1H3,(H,38,39)/t19?,20?,21?,27-,30+/m0/s1. The number of rotatable bonds is 7. The number of esters is 1. The van der Waals surface area contributed by atoms with E-state index in [4.69, 9.17) is 10.5 Å². The van der Waals surface area contributed by atoms with Gasteiger partial charge in [-0.3, -0.25) is 9.59 Å². The average Bonchev–Trinajstić information content (AvgIpc) is 3.49. The number of carbonyl (C=O) groups is 2. The molecular weight excluding hydrogens is 531 g/mol. The molecule has 0 radical (unpaired) electrons. The number of hydrogen-bond acceptors (Lipinski definition) is 5. The van der Waals surface area contributed by atoms with Crippen molar-refractivity contribution in [2.45, 2.75) is 51.5 Å². The average molecular weight is 566 g/mol. The lowest BCUT2D eigenvalue weighted by Crippen LogP contribution is -2.47. The highest BCUT2D eigenvalue weighted by atomic mass is 19.1. The summed E-state index contributed by atoms with van der Waals surface area (Å²) in [7, 11) is 0. The van der Waals surface area contributed by atoms with Gasteiger partial charge >= 0.3 is 5.97 Å². The Hall–Kier alpha value is -3.88. The molecule has 2 bridgehead atoms. The topological polar surface area (TPSA) is 93.8 Å². The van der Waals surface area contributed by atoms with E-state index >= 15 is 0 Å².